The Kier molecular flexibility index (Phi) is 8.54. The molecule has 178 valence electrons. The number of halogens is 1. The number of pyridine rings is 1. The number of fused-ring (bicyclic) bond motifs is 1. The average molecular weight is 471 g/mol. The normalized spacial score (nSPS) is 13.3. The summed E-state index contributed by atoms with van der Waals surface area (Å²) in [7, 11) is 1.61. The monoisotopic (exact) mass is 470 g/mol. The molecule has 1 aromatic carbocycles. The summed E-state index contributed by atoms with van der Waals surface area (Å²) in [5, 5.41) is 3.37. The molecule has 2 N–H and O–H groups in total. The number of nitrogens with one attached hydrogen (secondary N) is 2. The van der Waals surface area contributed by atoms with Crippen molar-refractivity contribution in [3.8, 4) is 11.4 Å². The van der Waals surface area contributed by atoms with E-state index in [1.165, 1.54) is 6.07 Å². The summed E-state index contributed by atoms with van der Waals surface area (Å²) < 4.78 is 20.2. The summed E-state index contributed by atoms with van der Waals surface area (Å²) in [5.41, 5.74) is 3.35. The molecule has 7 heteroatoms. The molecule has 0 fully saturated rings. The minimum Gasteiger partial charge on any atom is -0.355 e. The molecule has 0 spiro atoms. The van der Waals surface area contributed by atoms with E-state index in [0.717, 1.165) is 41.8 Å². The quantitative estimate of drug-likeness (QED) is 0.325. The lowest BCUT2D eigenvalue weighted by Crippen LogP contribution is -2.19. The molecule has 3 rings (SSSR count). The van der Waals surface area contributed by atoms with Gasteiger partial charge < -0.3 is 9.88 Å². The van der Waals surface area contributed by atoms with Crippen molar-refractivity contribution in [3.05, 3.63) is 47.4 Å². The molecule has 2 heterocycles. The zero-order chi connectivity index (χ0) is 24.1. The molecule has 0 aliphatic rings. The summed E-state index contributed by atoms with van der Waals surface area (Å²) in [4.78, 5) is 18.8. The molecule has 0 radical (unpaired) electrons. The lowest BCUT2D eigenvalue weighted by atomic mass is 10.1. The number of hydrogen-bond acceptors (Lipinski definition) is 4. The smallest absolute Gasteiger partial charge is 0.253 e. The van der Waals surface area contributed by atoms with Crippen molar-refractivity contribution in [1.29, 1.82) is 0 Å². The zero-order valence-electron chi connectivity index (χ0n) is 20.5. The molecule has 0 saturated heterocycles. The van der Waals surface area contributed by atoms with Crippen LogP contribution in [0.2, 0.25) is 0 Å². The third-order valence-electron chi connectivity index (χ3n) is 6.12. The Morgan fingerprint density at radius 3 is 2.61 bits per heavy atom. The first kappa shape index (κ1) is 25.2. The zero-order valence-corrected chi connectivity index (χ0v) is 21.3. The Bertz CT molecular complexity index is 1110. The van der Waals surface area contributed by atoms with E-state index in [1.807, 2.05) is 24.4 Å². The molecule has 0 saturated carbocycles. The van der Waals surface area contributed by atoms with Crippen LogP contribution in [0.25, 0.3) is 22.3 Å². The summed E-state index contributed by atoms with van der Waals surface area (Å²) in [6.07, 6.45) is 5.99. The molecule has 2 atom stereocenters. The second-order valence-electron chi connectivity index (χ2n) is 8.69. The van der Waals surface area contributed by atoms with Gasteiger partial charge in [-0.15, -0.1) is 0 Å². The molecule has 0 bridgehead atoms. The summed E-state index contributed by atoms with van der Waals surface area (Å²) in [6, 6.07) is 7.84. The maximum absolute atomic E-state index is 14.6. The second-order valence-corrected chi connectivity index (χ2v) is 9.60. The van der Waals surface area contributed by atoms with Gasteiger partial charge in [0.15, 0.2) is 0 Å². The molecule has 2 unspecified atom stereocenters. The van der Waals surface area contributed by atoms with Crippen LogP contribution in [-0.4, -0.2) is 28.5 Å². The Labute approximate surface area is 200 Å². The highest BCUT2D eigenvalue weighted by molar-refractivity contribution is 7.97. The van der Waals surface area contributed by atoms with Gasteiger partial charge in [0.2, 0.25) is 0 Å². The fourth-order valence-corrected chi connectivity index (χ4v) is 4.71. The van der Waals surface area contributed by atoms with Gasteiger partial charge in [-0.1, -0.05) is 26.7 Å². The minimum atomic E-state index is -0.312. The number of nitrogens with zero attached hydrogens (tertiary/aromatic N) is 2. The van der Waals surface area contributed by atoms with E-state index in [9.17, 15) is 9.18 Å². The van der Waals surface area contributed by atoms with E-state index in [4.69, 9.17) is 4.98 Å². The number of carbonyl (C=O) groups excluding carboxylic acids is 1. The number of unbranched alkanes of at least 4 members (excludes halogenated alkanes) is 1. The van der Waals surface area contributed by atoms with E-state index < -0.39 is 0 Å². The van der Waals surface area contributed by atoms with Crippen LogP contribution in [0.1, 0.15) is 75.3 Å². The highest BCUT2D eigenvalue weighted by Crippen LogP contribution is 2.38. The van der Waals surface area contributed by atoms with Crippen molar-refractivity contribution in [2.75, 3.05) is 7.05 Å². The van der Waals surface area contributed by atoms with Crippen LogP contribution in [0.15, 0.2) is 35.4 Å². The molecule has 0 aliphatic carbocycles. The number of aryl methyl sites for hydroxylation is 1. The van der Waals surface area contributed by atoms with Gasteiger partial charge >= 0.3 is 0 Å². The Balaban J connectivity index is 2.20. The molecular weight excluding hydrogens is 435 g/mol. The van der Waals surface area contributed by atoms with Crippen LogP contribution in [0.4, 0.5) is 4.39 Å². The van der Waals surface area contributed by atoms with E-state index in [2.05, 4.69) is 42.3 Å². The molecule has 3 aromatic rings. The maximum atomic E-state index is 14.6. The predicted molar refractivity (Wildman–Crippen MR) is 136 cm³/mol. The van der Waals surface area contributed by atoms with Crippen LogP contribution in [0.5, 0.6) is 0 Å². The summed E-state index contributed by atoms with van der Waals surface area (Å²) in [5.74, 6) is -0.549. The molecular formula is C26H35FN4OS. The summed E-state index contributed by atoms with van der Waals surface area (Å²) in [6.45, 7) is 10.4. The standard InChI is InChI=1S/C26H35FN4OS/c1-7-9-10-18(5)31-23-13-16(3)21(27)14-20(23)24(26(32)28-6)25(31)22-12-11-19(15-29-22)33-30-17(4)8-2/h11-15,17-18,30H,7-10H2,1-6H3,(H,28,32). The number of hydrogen-bond donors (Lipinski definition) is 2. The molecule has 2 aromatic heterocycles. The van der Waals surface area contributed by atoms with E-state index >= 15 is 0 Å². The van der Waals surface area contributed by atoms with Crippen molar-refractivity contribution < 1.29 is 9.18 Å². The van der Waals surface area contributed by atoms with Gasteiger partial charge in [0.1, 0.15) is 5.82 Å². The third kappa shape index (κ3) is 5.41. The first-order valence-electron chi connectivity index (χ1n) is 11.8. The lowest BCUT2D eigenvalue weighted by molar-refractivity contribution is 0.0965. The summed E-state index contributed by atoms with van der Waals surface area (Å²) >= 11 is 1.55. The molecule has 5 nitrogen and oxygen atoms in total. The number of benzene rings is 1. The van der Waals surface area contributed by atoms with Crippen molar-refractivity contribution >= 4 is 28.8 Å². The van der Waals surface area contributed by atoms with Gasteiger partial charge in [-0.2, -0.15) is 0 Å². The second kappa shape index (κ2) is 11.2. The Morgan fingerprint density at radius 1 is 1.24 bits per heavy atom. The van der Waals surface area contributed by atoms with Gasteiger partial charge in [0, 0.05) is 35.6 Å². The van der Waals surface area contributed by atoms with Crippen LogP contribution < -0.4 is 10.0 Å². The predicted octanol–water partition coefficient (Wildman–Crippen LogP) is 6.66. The molecule has 33 heavy (non-hydrogen) atoms. The highest BCUT2D eigenvalue weighted by atomic mass is 32.2. The Hall–Kier alpha value is -2.38. The number of rotatable bonds is 10. The van der Waals surface area contributed by atoms with E-state index in [0.29, 0.717) is 28.2 Å². The topological polar surface area (TPSA) is 59.0 Å². The number of aromatic nitrogens is 2. The van der Waals surface area contributed by atoms with Gasteiger partial charge in [0.05, 0.1) is 22.5 Å². The maximum Gasteiger partial charge on any atom is 0.253 e. The number of carbonyl (C=O) groups is 1. The van der Waals surface area contributed by atoms with E-state index in [-0.39, 0.29) is 17.8 Å². The SMILES string of the molecule is CCCCC(C)n1c(-c2ccc(SNC(C)CC)cn2)c(C(=O)NC)c2cc(F)c(C)cc21. The lowest BCUT2D eigenvalue weighted by Gasteiger charge is -2.19. The van der Waals surface area contributed by atoms with Gasteiger partial charge in [-0.25, -0.2) is 4.39 Å². The van der Waals surface area contributed by atoms with Gasteiger partial charge in [0.25, 0.3) is 5.91 Å². The van der Waals surface area contributed by atoms with Crippen molar-refractivity contribution in [1.82, 2.24) is 19.6 Å². The first-order chi connectivity index (χ1) is 15.8. The van der Waals surface area contributed by atoms with Crippen molar-refractivity contribution in [2.24, 2.45) is 0 Å². The minimum absolute atomic E-state index is 0.133. The van der Waals surface area contributed by atoms with Gasteiger partial charge in [-0.05, 0) is 75.4 Å². The van der Waals surface area contributed by atoms with Crippen molar-refractivity contribution in [2.45, 2.75) is 77.3 Å². The fraction of sp³-hybridized carbons (Fsp3) is 0.462. The van der Waals surface area contributed by atoms with E-state index in [1.54, 1.807) is 25.9 Å². The van der Waals surface area contributed by atoms with Crippen LogP contribution in [0, 0.1) is 12.7 Å². The number of amides is 1. The first-order valence-corrected chi connectivity index (χ1v) is 12.6. The highest BCUT2D eigenvalue weighted by Gasteiger charge is 2.27. The molecule has 0 aliphatic heterocycles. The van der Waals surface area contributed by atoms with Crippen LogP contribution in [0.3, 0.4) is 0 Å². The largest absolute Gasteiger partial charge is 0.355 e. The average Bonchev–Trinajstić information content (AvgIpc) is 3.14. The fourth-order valence-electron chi connectivity index (χ4n) is 3.96. The molecule has 1 amide bonds. The third-order valence-corrected chi connectivity index (χ3v) is 7.12. The van der Waals surface area contributed by atoms with Crippen molar-refractivity contribution in [3.63, 3.8) is 0 Å². The van der Waals surface area contributed by atoms with Crippen LogP contribution in [-0.2, 0) is 0 Å². The Morgan fingerprint density at radius 2 is 2.00 bits per heavy atom. The van der Waals surface area contributed by atoms with Gasteiger partial charge in [-0.3, -0.25) is 14.5 Å². The van der Waals surface area contributed by atoms with Crippen LogP contribution >= 0.6 is 11.9 Å².